The number of nitrogens with one attached hydrogen (secondary N) is 4. The Morgan fingerprint density at radius 1 is 0.974 bits per heavy atom. The lowest BCUT2D eigenvalue weighted by Crippen LogP contribution is -2.60. The second-order valence-corrected chi connectivity index (χ2v) is 9.31. The fourth-order valence-corrected chi connectivity index (χ4v) is 3.97. The summed E-state index contributed by atoms with van der Waals surface area (Å²) in [5, 5.41) is 27.6. The molecule has 0 aliphatic carbocycles. The van der Waals surface area contributed by atoms with Crippen LogP contribution in [-0.4, -0.2) is 81.6 Å². The summed E-state index contributed by atoms with van der Waals surface area (Å²) in [5.74, 6) is -4.95. The van der Waals surface area contributed by atoms with Crippen LogP contribution in [0.1, 0.15) is 38.2 Å². The quantitative estimate of drug-likeness (QED) is 0.105. The second-order valence-electron chi connectivity index (χ2n) is 9.31. The van der Waals surface area contributed by atoms with E-state index in [-0.39, 0.29) is 6.42 Å². The predicted octanol–water partition coefficient (Wildman–Crippen LogP) is -2.04. The topological polar surface area (TPSA) is 256 Å². The van der Waals surface area contributed by atoms with Gasteiger partial charge in [0.2, 0.25) is 23.6 Å². The lowest BCUT2D eigenvalue weighted by atomic mass is 10.0. The molecule has 0 saturated heterocycles. The molecule has 0 radical (unpaired) electrons. The highest BCUT2D eigenvalue weighted by Gasteiger charge is 2.33. The van der Waals surface area contributed by atoms with Gasteiger partial charge in [0.15, 0.2) is 0 Å². The zero-order valence-electron chi connectivity index (χ0n) is 21.7. The number of carbonyl (C=O) groups is 5. The Morgan fingerprint density at radius 2 is 1.64 bits per heavy atom. The van der Waals surface area contributed by atoms with Crippen molar-refractivity contribution in [3.63, 3.8) is 0 Å². The van der Waals surface area contributed by atoms with Gasteiger partial charge < -0.3 is 48.3 Å². The van der Waals surface area contributed by atoms with Gasteiger partial charge in [0.1, 0.15) is 18.1 Å². The first-order valence-corrected chi connectivity index (χ1v) is 12.6. The molecule has 14 heteroatoms. The largest absolute Gasteiger partial charge is 0.480 e. The Bertz CT molecular complexity index is 1170. The number of para-hydroxylation sites is 1. The van der Waals surface area contributed by atoms with Crippen molar-refractivity contribution in [3.05, 3.63) is 36.0 Å². The number of nitrogens with two attached hydrogens (primary N) is 3. The maximum atomic E-state index is 13.0. The van der Waals surface area contributed by atoms with Crippen molar-refractivity contribution in [2.24, 2.45) is 17.2 Å². The molecule has 2 aromatic rings. The van der Waals surface area contributed by atoms with E-state index in [1.54, 1.807) is 18.3 Å². The molecule has 1 aromatic heterocycles. The van der Waals surface area contributed by atoms with E-state index in [0.717, 1.165) is 10.9 Å². The Kier molecular flexibility index (Phi) is 11.8. The number of aliphatic hydroxyl groups is 1. The fraction of sp³-hybridized carbons (Fsp3) is 0.480. The van der Waals surface area contributed by atoms with Gasteiger partial charge in [-0.1, -0.05) is 24.6 Å². The van der Waals surface area contributed by atoms with E-state index >= 15 is 0 Å². The van der Waals surface area contributed by atoms with E-state index in [1.807, 2.05) is 12.1 Å². The van der Waals surface area contributed by atoms with Gasteiger partial charge >= 0.3 is 5.97 Å². The van der Waals surface area contributed by atoms with Crippen molar-refractivity contribution >= 4 is 40.5 Å². The van der Waals surface area contributed by atoms with Gasteiger partial charge in [-0.05, 0) is 37.9 Å². The van der Waals surface area contributed by atoms with Crippen molar-refractivity contribution in [3.8, 4) is 0 Å². The highest BCUT2D eigenvalue weighted by Crippen LogP contribution is 2.19. The van der Waals surface area contributed by atoms with E-state index in [2.05, 4.69) is 20.9 Å². The van der Waals surface area contributed by atoms with Gasteiger partial charge in [0, 0.05) is 23.5 Å². The number of aliphatic hydroxyl groups excluding tert-OH is 1. The minimum atomic E-state index is -1.57. The number of carbonyl (C=O) groups excluding carboxylic acids is 4. The third kappa shape index (κ3) is 9.35. The third-order valence-electron chi connectivity index (χ3n) is 6.12. The zero-order valence-corrected chi connectivity index (χ0v) is 21.7. The minimum Gasteiger partial charge on any atom is -0.480 e. The first kappa shape index (κ1) is 31.2. The van der Waals surface area contributed by atoms with Crippen LogP contribution >= 0.6 is 0 Å². The molecular weight excluding hydrogens is 510 g/mol. The highest BCUT2D eigenvalue weighted by atomic mass is 16.4. The first-order valence-electron chi connectivity index (χ1n) is 12.6. The number of aromatic nitrogens is 1. The number of H-pyrrole nitrogens is 1. The number of fused-ring (bicyclic) bond motifs is 1. The number of benzene rings is 1. The average molecular weight is 548 g/mol. The molecule has 5 unspecified atom stereocenters. The van der Waals surface area contributed by atoms with Gasteiger partial charge in [-0.25, -0.2) is 4.79 Å². The van der Waals surface area contributed by atoms with Gasteiger partial charge in [0.05, 0.1) is 18.6 Å². The number of hydrogen-bond donors (Lipinski definition) is 9. The van der Waals surface area contributed by atoms with Crippen LogP contribution in [0.25, 0.3) is 10.9 Å². The van der Waals surface area contributed by atoms with Crippen LogP contribution in [0.5, 0.6) is 0 Å². The fourth-order valence-electron chi connectivity index (χ4n) is 3.97. The van der Waals surface area contributed by atoms with E-state index in [1.165, 1.54) is 6.92 Å². The van der Waals surface area contributed by atoms with Crippen molar-refractivity contribution in [1.29, 1.82) is 0 Å². The van der Waals surface area contributed by atoms with Crippen LogP contribution in [0.15, 0.2) is 30.5 Å². The average Bonchev–Trinajstić information content (AvgIpc) is 3.28. The van der Waals surface area contributed by atoms with Crippen LogP contribution in [0, 0.1) is 0 Å². The molecule has 214 valence electrons. The Balaban J connectivity index is 2.13. The predicted molar refractivity (Wildman–Crippen MR) is 142 cm³/mol. The smallest absolute Gasteiger partial charge is 0.326 e. The number of carboxylic acids is 1. The molecule has 2 rings (SSSR count). The Labute approximate surface area is 225 Å². The summed E-state index contributed by atoms with van der Waals surface area (Å²) >= 11 is 0. The first-order chi connectivity index (χ1) is 18.4. The molecule has 14 nitrogen and oxygen atoms in total. The molecular formula is C25H37N7O7. The molecule has 5 atom stereocenters. The molecule has 0 bridgehead atoms. The van der Waals surface area contributed by atoms with Crippen LogP contribution in [-0.2, 0) is 30.4 Å². The standard InChI is InChI=1S/C25H37N7O7/c1-13(33)21(32-22(35)16(27)7-4-5-9-26)24(37)30-18(11-20(28)34)23(36)31-19(25(38)39)10-14-12-29-17-8-3-2-6-15(14)17/h2-3,6,8,12-13,16,18-19,21,29,33H,4-5,7,9-11,26-27H2,1H3,(H2,28,34)(H,30,37)(H,31,36)(H,32,35)(H,38,39). The number of unbranched alkanes of at least 4 members (excludes halogenated alkanes) is 1. The van der Waals surface area contributed by atoms with Gasteiger partial charge in [0.25, 0.3) is 0 Å². The maximum Gasteiger partial charge on any atom is 0.326 e. The summed E-state index contributed by atoms with van der Waals surface area (Å²) in [4.78, 5) is 65.0. The molecule has 0 aliphatic heterocycles. The van der Waals surface area contributed by atoms with Gasteiger partial charge in [-0.2, -0.15) is 0 Å². The van der Waals surface area contributed by atoms with Crippen molar-refractivity contribution < 1.29 is 34.2 Å². The maximum absolute atomic E-state index is 13.0. The number of carboxylic acid groups (broad SMARTS) is 1. The normalized spacial score (nSPS) is 15.0. The molecule has 0 spiro atoms. The Hall–Kier alpha value is -4.01. The minimum absolute atomic E-state index is 0.0866. The summed E-state index contributed by atoms with van der Waals surface area (Å²) in [5.41, 5.74) is 17.9. The molecule has 1 heterocycles. The highest BCUT2D eigenvalue weighted by molar-refractivity contribution is 5.96. The summed E-state index contributed by atoms with van der Waals surface area (Å²) < 4.78 is 0. The lowest BCUT2D eigenvalue weighted by molar-refractivity contribution is -0.142. The number of aliphatic carboxylic acids is 1. The number of aromatic amines is 1. The number of rotatable bonds is 16. The summed E-state index contributed by atoms with van der Waals surface area (Å²) in [6.07, 6.45) is 1.04. The Morgan fingerprint density at radius 3 is 2.26 bits per heavy atom. The van der Waals surface area contributed by atoms with Crippen molar-refractivity contribution in [2.75, 3.05) is 6.54 Å². The molecule has 1 aromatic carbocycles. The van der Waals surface area contributed by atoms with Crippen LogP contribution in [0.3, 0.4) is 0 Å². The molecule has 39 heavy (non-hydrogen) atoms. The molecule has 0 fully saturated rings. The van der Waals surface area contributed by atoms with Crippen molar-refractivity contribution in [1.82, 2.24) is 20.9 Å². The van der Waals surface area contributed by atoms with Gasteiger partial charge in [-0.15, -0.1) is 0 Å². The SMILES string of the molecule is CC(O)C(NC(=O)C(N)CCCCN)C(=O)NC(CC(N)=O)C(=O)NC(Cc1c[nH]c2ccccc12)C(=O)O. The van der Waals surface area contributed by atoms with Crippen LogP contribution < -0.4 is 33.2 Å². The zero-order chi connectivity index (χ0) is 29.1. The summed E-state index contributed by atoms with van der Waals surface area (Å²) in [6.45, 7) is 1.68. The molecule has 4 amide bonds. The van der Waals surface area contributed by atoms with Crippen LogP contribution in [0.2, 0.25) is 0 Å². The van der Waals surface area contributed by atoms with E-state index in [4.69, 9.17) is 17.2 Å². The number of primary amides is 1. The lowest BCUT2D eigenvalue weighted by Gasteiger charge is -2.26. The number of amides is 4. The van der Waals surface area contributed by atoms with Crippen LogP contribution in [0.4, 0.5) is 0 Å². The third-order valence-corrected chi connectivity index (χ3v) is 6.12. The molecule has 0 aliphatic rings. The van der Waals surface area contributed by atoms with Gasteiger partial charge in [-0.3, -0.25) is 19.2 Å². The number of hydrogen-bond acceptors (Lipinski definition) is 8. The van der Waals surface area contributed by atoms with Crippen molar-refractivity contribution in [2.45, 2.75) is 69.3 Å². The second kappa shape index (κ2) is 14.8. The van der Waals surface area contributed by atoms with E-state index in [9.17, 15) is 34.2 Å². The summed E-state index contributed by atoms with van der Waals surface area (Å²) in [6, 6.07) is 1.77. The van der Waals surface area contributed by atoms with E-state index < -0.39 is 66.3 Å². The molecule has 12 N–H and O–H groups in total. The van der Waals surface area contributed by atoms with E-state index in [0.29, 0.717) is 31.4 Å². The summed E-state index contributed by atoms with van der Waals surface area (Å²) in [7, 11) is 0. The molecule has 0 saturated carbocycles. The monoisotopic (exact) mass is 547 g/mol.